The first-order valence-corrected chi connectivity index (χ1v) is 10.8. The van der Waals surface area contributed by atoms with Crippen molar-refractivity contribution in [2.24, 2.45) is 11.3 Å². The van der Waals surface area contributed by atoms with Crippen molar-refractivity contribution in [3.05, 3.63) is 29.8 Å². The number of hydrogen-bond acceptors (Lipinski definition) is 4. The molecule has 5 aliphatic rings. The fourth-order valence-corrected chi connectivity index (χ4v) is 6.42. The van der Waals surface area contributed by atoms with Gasteiger partial charge in [0.1, 0.15) is 5.75 Å². The Bertz CT molecular complexity index is 739. The van der Waals surface area contributed by atoms with Crippen LogP contribution in [0.3, 0.4) is 0 Å². The molecule has 3 atom stereocenters. The largest absolute Gasteiger partial charge is 0.497 e. The van der Waals surface area contributed by atoms with Gasteiger partial charge in [-0.2, -0.15) is 0 Å². The molecule has 2 bridgehead atoms. The Labute approximate surface area is 168 Å². The maximum atomic E-state index is 13.8. The average Bonchev–Trinajstić information content (AvgIpc) is 3.14. The summed E-state index contributed by atoms with van der Waals surface area (Å²) in [6.07, 6.45) is 5.56. The molecule has 1 saturated carbocycles. The van der Waals surface area contributed by atoms with E-state index < -0.39 is 0 Å². The molecule has 4 saturated heterocycles. The number of methoxy groups -OCH3 is 2. The van der Waals surface area contributed by atoms with Gasteiger partial charge >= 0.3 is 0 Å². The van der Waals surface area contributed by atoms with E-state index in [1.165, 1.54) is 31.5 Å². The van der Waals surface area contributed by atoms with Crippen LogP contribution in [0.25, 0.3) is 0 Å². The third-order valence-corrected chi connectivity index (χ3v) is 7.96. The van der Waals surface area contributed by atoms with Crippen LogP contribution in [0.5, 0.6) is 5.75 Å². The number of nitrogens with zero attached hydrogens (tertiary/aromatic N) is 2. The van der Waals surface area contributed by atoms with E-state index in [-0.39, 0.29) is 5.41 Å². The summed E-state index contributed by atoms with van der Waals surface area (Å²) in [5, 5.41) is 0. The quantitative estimate of drug-likeness (QED) is 0.783. The van der Waals surface area contributed by atoms with E-state index in [9.17, 15) is 4.79 Å². The minimum Gasteiger partial charge on any atom is -0.497 e. The van der Waals surface area contributed by atoms with Gasteiger partial charge < -0.3 is 14.4 Å². The molecule has 5 fully saturated rings. The first-order chi connectivity index (χ1) is 13.7. The summed E-state index contributed by atoms with van der Waals surface area (Å²) in [5.41, 5.74) is 1.04. The van der Waals surface area contributed by atoms with Crippen molar-refractivity contribution < 1.29 is 14.3 Å². The number of benzene rings is 1. The molecule has 6 rings (SSSR count). The number of carbonyl (C=O) groups excluding carboxylic acids is 1. The summed E-state index contributed by atoms with van der Waals surface area (Å²) in [5.74, 6) is 2.28. The summed E-state index contributed by atoms with van der Waals surface area (Å²) in [4.78, 5) is 18.7. The second-order valence-electron chi connectivity index (χ2n) is 9.26. The number of carbonyl (C=O) groups is 1. The Morgan fingerprint density at radius 2 is 1.96 bits per heavy atom. The van der Waals surface area contributed by atoms with Crippen LogP contribution < -0.4 is 4.74 Å². The van der Waals surface area contributed by atoms with Crippen LogP contribution in [0.15, 0.2) is 24.3 Å². The Morgan fingerprint density at radius 1 is 1.18 bits per heavy atom. The highest BCUT2D eigenvalue weighted by Crippen LogP contribution is 2.50. The van der Waals surface area contributed by atoms with Crippen LogP contribution >= 0.6 is 0 Å². The van der Waals surface area contributed by atoms with Gasteiger partial charge in [0.05, 0.1) is 25.2 Å². The van der Waals surface area contributed by atoms with Gasteiger partial charge in [-0.05, 0) is 62.4 Å². The van der Waals surface area contributed by atoms with E-state index in [2.05, 4.69) is 28.0 Å². The SMILES string of the molecule is COCC1(C(=O)N2C[C@@H](c3cccc(OC)c3)[C@H]3[C@@H]2C2CCN3CC2)CCC1. The molecule has 0 unspecified atom stereocenters. The second kappa shape index (κ2) is 7.03. The predicted molar refractivity (Wildman–Crippen MR) is 107 cm³/mol. The minimum atomic E-state index is -0.269. The summed E-state index contributed by atoms with van der Waals surface area (Å²) >= 11 is 0. The summed E-state index contributed by atoms with van der Waals surface area (Å²) in [7, 11) is 3.46. The van der Waals surface area contributed by atoms with Gasteiger partial charge in [0, 0.05) is 25.6 Å². The van der Waals surface area contributed by atoms with E-state index in [1.807, 2.05) is 6.07 Å². The van der Waals surface area contributed by atoms with E-state index in [1.54, 1.807) is 14.2 Å². The van der Waals surface area contributed by atoms with Gasteiger partial charge in [-0.1, -0.05) is 18.6 Å². The Hall–Kier alpha value is -1.59. The summed E-state index contributed by atoms with van der Waals surface area (Å²) in [6.45, 7) is 3.76. The number of likely N-dealkylation sites (tertiary alicyclic amines) is 1. The maximum Gasteiger partial charge on any atom is 0.231 e. The van der Waals surface area contributed by atoms with Gasteiger partial charge in [0.25, 0.3) is 0 Å². The number of fused-ring (bicyclic) bond motifs is 2. The van der Waals surface area contributed by atoms with Crippen LogP contribution in [0.1, 0.15) is 43.6 Å². The topological polar surface area (TPSA) is 42.0 Å². The number of hydrogen-bond donors (Lipinski definition) is 0. The molecule has 1 aromatic carbocycles. The van der Waals surface area contributed by atoms with Gasteiger partial charge in [-0.3, -0.25) is 9.69 Å². The van der Waals surface area contributed by atoms with Crippen LogP contribution in [0, 0.1) is 11.3 Å². The highest BCUT2D eigenvalue weighted by atomic mass is 16.5. The maximum absolute atomic E-state index is 13.8. The van der Waals surface area contributed by atoms with Crippen molar-refractivity contribution in [2.45, 2.75) is 50.1 Å². The number of piperidine rings is 3. The molecule has 1 amide bonds. The zero-order chi connectivity index (χ0) is 19.3. The van der Waals surface area contributed by atoms with Crippen molar-refractivity contribution in [1.29, 1.82) is 0 Å². The molecule has 152 valence electrons. The lowest BCUT2D eigenvalue weighted by Gasteiger charge is -2.52. The molecule has 1 aliphatic carbocycles. The van der Waals surface area contributed by atoms with Gasteiger partial charge in [0.15, 0.2) is 0 Å². The lowest BCUT2D eigenvalue weighted by Crippen LogP contribution is -2.62. The molecule has 0 spiro atoms. The summed E-state index contributed by atoms with van der Waals surface area (Å²) < 4.78 is 11.0. The van der Waals surface area contributed by atoms with Crippen molar-refractivity contribution >= 4 is 5.91 Å². The van der Waals surface area contributed by atoms with Gasteiger partial charge in [-0.15, -0.1) is 0 Å². The lowest BCUT2D eigenvalue weighted by molar-refractivity contribution is -0.156. The molecule has 1 aromatic rings. The standard InChI is InChI=1S/C23H32N2O3/c1-27-15-23(9-4-10-23)22(26)25-14-19(17-5-3-6-18(13-17)28-2)21-20(25)16-7-11-24(21)12-8-16/h3,5-6,13,16,19-21H,4,7-12,14-15H2,1-2H3/t19-,20-,21-/m0/s1. The van der Waals surface area contributed by atoms with Crippen LogP contribution in [0.4, 0.5) is 0 Å². The average molecular weight is 385 g/mol. The highest BCUT2D eigenvalue weighted by Gasteiger charge is 2.58. The molecule has 5 nitrogen and oxygen atoms in total. The molecule has 0 radical (unpaired) electrons. The smallest absolute Gasteiger partial charge is 0.231 e. The predicted octanol–water partition coefficient (Wildman–Crippen LogP) is 2.90. The van der Waals surface area contributed by atoms with Gasteiger partial charge in [-0.25, -0.2) is 0 Å². The Morgan fingerprint density at radius 3 is 2.61 bits per heavy atom. The van der Waals surface area contributed by atoms with Crippen LogP contribution in [-0.4, -0.2) is 68.3 Å². The fraction of sp³-hybridized carbons (Fsp3) is 0.696. The number of amides is 1. The van der Waals surface area contributed by atoms with E-state index in [0.717, 1.165) is 31.6 Å². The minimum absolute atomic E-state index is 0.269. The van der Waals surface area contributed by atoms with Crippen LogP contribution in [-0.2, 0) is 9.53 Å². The molecule has 4 aliphatic heterocycles. The van der Waals surface area contributed by atoms with Crippen molar-refractivity contribution in [1.82, 2.24) is 9.80 Å². The molecule has 0 aromatic heterocycles. The molecular weight excluding hydrogens is 352 g/mol. The fourth-order valence-electron chi connectivity index (χ4n) is 6.42. The van der Waals surface area contributed by atoms with E-state index >= 15 is 0 Å². The molecule has 28 heavy (non-hydrogen) atoms. The Kier molecular flexibility index (Phi) is 4.63. The number of ether oxygens (including phenoxy) is 2. The molecule has 5 heteroatoms. The zero-order valence-corrected chi connectivity index (χ0v) is 17.1. The van der Waals surface area contributed by atoms with E-state index in [4.69, 9.17) is 9.47 Å². The molecular formula is C23H32N2O3. The Balaban J connectivity index is 1.49. The molecule has 0 N–H and O–H groups in total. The highest BCUT2D eigenvalue weighted by molar-refractivity contribution is 5.85. The molecule has 4 heterocycles. The van der Waals surface area contributed by atoms with Gasteiger partial charge in [0.2, 0.25) is 5.91 Å². The third kappa shape index (κ3) is 2.70. The van der Waals surface area contributed by atoms with Crippen molar-refractivity contribution in [3.63, 3.8) is 0 Å². The van der Waals surface area contributed by atoms with Crippen LogP contribution in [0.2, 0.25) is 0 Å². The first-order valence-electron chi connectivity index (χ1n) is 10.8. The summed E-state index contributed by atoms with van der Waals surface area (Å²) in [6, 6.07) is 9.29. The van der Waals surface area contributed by atoms with Crippen molar-refractivity contribution in [3.8, 4) is 5.75 Å². The zero-order valence-electron chi connectivity index (χ0n) is 17.1. The number of rotatable bonds is 5. The first kappa shape index (κ1) is 18.4. The lowest BCUT2D eigenvalue weighted by atomic mass is 9.67. The normalized spacial score (nSPS) is 35.4. The third-order valence-electron chi connectivity index (χ3n) is 7.96. The van der Waals surface area contributed by atoms with E-state index in [0.29, 0.717) is 36.4 Å². The monoisotopic (exact) mass is 384 g/mol. The second-order valence-corrected chi connectivity index (χ2v) is 9.26. The van der Waals surface area contributed by atoms with Crippen molar-refractivity contribution in [2.75, 3.05) is 40.5 Å².